The summed E-state index contributed by atoms with van der Waals surface area (Å²) >= 11 is 0. The molecule has 0 amide bonds. The van der Waals surface area contributed by atoms with E-state index in [1.54, 1.807) is 0 Å². The maximum atomic E-state index is 5.58. The minimum Gasteiger partial charge on any atom is -0.494 e. The lowest BCUT2D eigenvalue weighted by Gasteiger charge is -2.25. The molecule has 0 aromatic heterocycles. The van der Waals surface area contributed by atoms with Gasteiger partial charge in [-0.1, -0.05) is 19.1 Å². The topological polar surface area (TPSA) is 24.8 Å². The van der Waals surface area contributed by atoms with Gasteiger partial charge in [-0.25, -0.2) is 0 Å². The van der Waals surface area contributed by atoms with Crippen molar-refractivity contribution in [3.63, 3.8) is 0 Å². The fraction of sp³-hybridized carbons (Fsp3) is 0.500. The van der Waals surface area contributed by atoms with Gasteiger partial charge in [0.2, 0.25) is 0 Å². The molecular weight excluding hydrogens is 212 g/mol. The smallest absolute Gasteiger partial charge is 0.119 e. The Hall–Kier alpha value is -1.51. The Morgan fingerprint density at radius 2 is 2.12 bits per heavy atom. The Morgan fingerprint density at radius 3 is 2.76 bits per heavy atom. The molecule has 1 aromatic rings. The molecule has 0 spiro atoms. The van der Waals surface area contributed by atoms with Crippen LogP contribution in [0.4, 0.5) is 0 Å². The normalized spacial score (nSPS) is 19.4. The zero-order valence-electron chi connectivity index (χ0n) is 10.6. The molecule has 0 fully saturated rings. The summed E-state index contributed by atoms with van der Waals surface area (Å²) in [5.74, 6) is 1.47. The fourth-order valence-electron chi connectivity index (χ4n) is 2.03. The van der Waals surface area contributed by atoms with Crippen LogP contribution in [0.15, 0.2) is 29.3 Å². The van der Waals surface area contributed by atoms with Crippen LogP contribution < -0.4 is 4.74 Å². The van der Waals surface area contributed by atoms with Crippen molar-refractivity contribution in [2.75, 3.05) is 26.7 Å². The second-order valence-corrected chi connectivity index (χ2v) is 4.53. The van der Waals surface area contributed by atoms with E-state index in [0.717, 1.165) is 31.9 Å². The highest BCUT2D eigenvalue weighted by Gasteiger charge is 2.15. The first kappa shape index (κ1) is 12.0. The van der Waals surface area contributed by atoms with Crippen LogP contribution in [0.1, 0.15) is 24.8 Å². The summed E-state index contributed by atoms with van der Waals surface area (Å²) in [6, 6.07) is 8.43. The molecule has 1 aliphatic heterocycles. The number of aliphatic imine (C=N–C) groups is 1. The quantitative estimate of drug-likeness (QED) is 0.797. The highest BCUT2D eigenvalue weighted by atomic mass is 16.5. The van der Waals surface area contributed by atoms with Crippen LogP contribution in [-0.4, -0.2) is 38.0 Å². The summed E-state index contributed by atoms with van der Waals surface area (Å²) in [5.41, 5.74) is 1.34. The van der Waals surface area contributed by atoms with Crippen LogP contribution in [0.3, 0.4) is 0 Å². The first-order valence-electron chi connectivity index (χ1n) is 6.22. The second-order valence-electron chi connectivity index (χ2n) is 4.53. The molecule has 0 radical (unpaired) electrons. The van der Waals surface area contributed by atoms with E-state index >= 15 is 0 Å². The predicted molar refractivity (Wildman–Crippen MR) is 71.0 cm³/mol. The van der Waals surface area contributed by atoms with Crippen molar-refractivity contribution < 1.29 is 4.74 Å². The Bertz CT molecular complexity index is 372. The van der Waals surface area contributed by atoms with Crippen LogP contribution in [-0.2, 0) is 0 Å². The largest absolute Gasteiger partial charge is 0.494 e. The Balaban J connectivity index is 2.00. The van der Waals surface area contributed by atoms with Crippen molar-refractivity contribution in [2.45, 2.75) is 19.3 Å². The molecule has 1 aliphatic rings. The van der Waals surface area contributed by atoms with E-state index in [2.05, 4.69) is 48.1 Å². The van der Waals surface area contributed by atoms with Gasteiger partial charge in [-0.05, 0) is 24.1 Å². The highest BCUT2D eigenvalue weighted by Crippen LogP contribution is 2.22. The number of hydrogen-bond acceptors (Lipinski definition) is 3. The van der Waals surface area contributed by atoms with E-state index < -0.39 is 0 Å². The zero-order chi connectivity index (χ0) is 12.1. The van der Waals surface area contributed by atoms with Gasteiger partial charge < -0.3 is 9.64 Å². The third-order valence-electron chi connectivity index (χ3n) is 2.94. The summed E-state index contributed by atoms with van der Waals surface area (Å²) < 4.78 is 5.58. The van der Waals surface area contributed by atoms with E-state index in [9.17, 15) is 0 Å². The minimum atomic E-state index is 0.505. The molecule has 1 atom stereocenters. The Morgan fingerprint density at radius 1 is 1.35 bits per heavy atom. The molecular formula is C14H20N2O. The number of rotatable bonds is 4. The van der Waals surface area contributed by atoms with Gasteiger partial charge in [0, 0.05) is 26.1 Å². The van der Waals surface area contributed by atoms with Crippen LogP contribution in [0, 0.1) is 0 Å². The molecule has 1 aromatic carbocycles. The molecule has 0 N–H and O–H groups in total. The molecule has 1 heterocycles. The van der Waals surface area contributed by atoms with Crippen molar-refractivity contribution in [3.8, 4) is 5.75 Å². The lowest BCUT2D eigenvalue weighted by Crippen LogP contribution is -2.29. The maximum Gasteiger partial charge on any atom is 0.119 e. The summed E-state index contributed by atoms with van der Waals surface area (Å²) in [7, 11) is 2.06. The van der Waals surface area contributed by atoms with Crippen molar-refractivity contribution in [2.24, 2.45) is 4.99 Å². The van der Waals surface area contributed by atoms with E-state index in [1.807, 2.05) is 6.34 Å². The summed E-state index contributed by atoms with van der Waals surface area (Å²) in [5, 5.41) is 0. The SMILES string of the molecule is CCCOc1ccc(C2CN=CN(C)C2)cc1. The lowest BCUT2D eigenvalue weighted by atomic mass is 9.98. The molecule has 2 rings (SSSR count). The molecule has 0 aliphatic carbocycles. The van der Waals surface area contributed by atoms with Gasteiger partial charge in [0.05, 0.1) is 12.9 Å². The van der Waals surface area contributed by atoms with Gasteiger partial charge >= 0.3 is 0 Å². The molecule has 3 nitrogen and oxygen atoms in total. The number of benzene rings is 1. The number of likely N-dealkylation sites (N-methyl/N-ethyl adjacent to an activating group) is 1. The van der Waals surface area contributed by atoms with Crippen molar-refractivity contribution in [3.05, 3.63) is 29.8 Å². The number of hydrogen-bond donors (Lipinski definition) is 0. The summed E-state index contributed by atoms with van der Waals surface area (Å²) in [6.45, 7) is 4.83. The van der Waals surface area contributed by atoms with E-state index in [1.165, 1.54) is 5.56 Å². The van der Waals surface area contributed by atoms with E-state index in [4.69, 9.17) is 4.74 Å². The maximum absolute atomic E-state index is 5.58. The second kappa shape index (κ2) is 5.71. The van der Waals surface area contributed by atoms with Gasteiger partial charge in [0.1, 0.15) is 5.75 Å². The van der Waals surface area contributed by atoms with Gasteiger partial charge in [-0.2, -0.15) is 0 Å². The monoisotopic (exact) mass is 232 g/mol. The molecule has 92 valence electrons. The van der Waals surface area contributed by atoms with Crippen LogP contribution in [0.2, 0.25) is 0 Å². The average molecular weight is 232 g/mol. The molecule has 0 bridgehead atoms. The van der Waals surface area contributed by atoms with Gasteiger partial charge in [0.25, 0.3) is 0 Å². The Kier molecular flexibility index (Phi) is 4.02. The first-order chi connectivity index (χ1) is 8.29. The molecule has 1 unspecified atom stereocenters. The van der Waals surface area contributed by atoms with Gasteiger partial charge in [-0.15, -0.1) is 0 Å². The highest BCUT2D eigenvalue weighted by molar-refractivity contribution is 5.56. The third-order valence-corrected chi connectivity index (χ3v) is 2.94. The van der Waals surface area contributed by atoms with Crippen LogP contribution >= 0.6 is 0 Å². The lowest BCUT2D eigenvalue weighted by molar-refractivity contribution is 0.317. The first-order valence-corrected chi connectivity index (χ1v) is 6.22. The van der Waals surface area contributed by atoms with Gasteiger partial charge in [-0.3, -0.25) is 4.99 Å². The molecule has 17 heavy (non-hydrogen) atoms. The molecule has 3 heteroatoms. The van der Waals surface area contributed by atoms with Crippen LogP contribution in [0.25, 0.3) is 0 Å². The van der Waals surface area contributed by atoms with E-state index in [0.29, 0.717) is 5.92 Å². The van der Waals surface area contributed by atoms with E-state index in [-0.39, 0.29) is 0 Å². The third kappa shape index (κ3) is 3.22. The standard InChI is InChI=1S/C14H20N2O/c1-3-8-17-14-6-4-12(5-7-14)13-9-15-11-16(2)10-13/h4-7,11,13H,3,8-10H2,1-2H3. The summed E-state index contributed by atoms with van der Waals surface area (Å²) in [6.07, 6.45) is 2.96. The predicted octanol–water partition coefficient (Wildman–Crippen LogP) is 2.53. The Labute approximate surface area is 103 Å². The molecule has 0 saturated carbocycles. The minimum absolute atomic E-state index is 0.505. The van der Waals surface area contributed by atoms with Gasteiger partial charge in [0.15, 0.2) is 0 Å². The fourth-order valence-corrected chi connectivity index (χ4v) is 2.03. The average Bonchev–Trinajstić information content (AvgIpc) is 2.37. The summed E-state index contributed by atoms with van der Waals surface area (Å²) in [4.78, 5) is 6.49. The zero-order valence-corrected chi connectivity index (χ0v) is 10.6. The van der Waals surface area contributed by atoms with Crippen LogP contribution in [0.5, 0.6) is 5.75 Å². The van der Waals surface area contributed by atoms with Crippen molar-refractivity contribution in [1.29, 1.82) is 0 Å². The molecule has 0 saturated heterocycles. The number of ether oxygens (including phenoxy) is 1. The number of nitrogens with zero attached hydrogens (tertiary/aromatic N) is 2. The van der Waals surface area contributed by atoms with Crippen molar-refractivity contribution in [1.82, 2.24) is 4.90 Å². The van der Waals surface area contributed by atoms with Crippen molar-refractivity contribution >= 4 is 6.34 Å².